The van der Waals surface area contributed by atoms with Crippen LogP contribution in [0.25, 0.3) is 0 Å². The molecule has 2 atom stereocenters. The maximum atomic E-state index is 11.3. The summed E-state index contributed by atoms with van der Waals surface area (Å²) in [7, 11) is 3.99. The first-order valence-corrected chi connectivity index (χ1v) is 5.77. The first kappa shape index (κ1) is 16.1. The predicted octanol–water partition coefficient (Wildman–Crippen LogP) is 0.354. The van der Waals surface area contributed by atoms with E-state index in [1.807, 2.05) is 14.1 Å². The first-order chi connectivity index (χ1) is 7.84. The van der Waals surface area contributed by atoms with Crippen molar-refractivity contribution in [3.8, 4) is 0 Å². The zero-order valence-corrected chi connectivity index (χ0v) is 11.2. The van der Waals surface area contributed by atoms with E-state index in [1.54, 1.807) is 13.8 Å². The summed E-state index contributed by atoms with van der Waals surface area (Å²) < 4.78 is 5.07. The van der Waals surface area contributed by atoms with Crippen LogP contribution in [-0.4, -0.2) is 55.5 Å². The van der Waals surface area contributed by atoms with Gasteiger partial charge in [0.15, 0.2) is 6.23 Å². The molecule has 0 aliphatic carbocycles. The van der Waals surface area contributed by atoms with Crippen LogP contribution in [0.1, 0.15) is 20.3 Å². The van der Waals surface area contributed by atoms with Crippen molar-refractivity contribution in [1.29, 1.82) is 0 Å². The van der Waals surface area contributed by atoms with Gasteiger partial charge in [-0.15, -0.1) is 0 Å². The molecule has 0 spiro atoms. The molecule has 2 unspecified atom stereocenters. The number of carbonyl (C=O) groups excluding carboxylic acids is 1. The lowest BCUT2D eigenvalue weighted by Crippen LogP contribution is -2.43. The van der Waals surface area contributed by atoms with Crippen molar-refractivity contribution in [1.82, 2.24) is 10.2 Å². The van der Waals surface area contributed by atoms with Crippen molar-refractivity contribution in [3.05, 3.63) is 12.2 Å². The third kappa shape index (κ3) is 7.90. The van der Waals surface area contributed by atoms with Gasteiger partial charge in [0.05, 0.1) is 0 Å². The van der Waals surface area contributed by atoms with E-state index in [9.17, 15) is 9.90 Å². The molecule has 0 rings (SSSR count). The number of hydrogen-bond donors (Lipinski definition) is 2. The van der Waals surface area contributed by atoms with Crippen LogP contribution in [0.4, 0.5) is 0 Å². The molecule has 0 saturated heterocycles. The topological polar surface area (TPSA) is 61.8 Å². The predicted molar refractivity (Wildman–Crippen MR) is 67.5 cm³/mol. The molecule has 0 aromatic carbocycles. The zero-order chi connectivity index (χ0) is 13.4. The highest BCUT2D eigenvalue weighted by atomic mass is 16.6. The van der Waals surface area contributed by atoms with Gasteiger partial charge in [-0.2, -0.15) is 0 Å². The first-order valence-electron chi connectivity index (χ1n) is 5.77. The Hall–Kier alpha value is -0.910. The Kier molecular flexibility index (Phi) is 7.78. The molecule has 0 fully saturated rings. The molecule has 0 saturated carbocycles. The Morgan fingerprint density at radius 1 is 1.53 bits per heavy atom. The van der Waals surface area contributed by atoms with E-state index in [0.717, 1.165) is 13.0 Å². The summed E-state index contributed by atoms with van der Waals surface area (Å²) >= 11 is 0. The second-order valence-corrected chi connectivity index (χ2v) is 4.46. The minimum Gasteiger partial charge on any atom is -0.440 e. The van der Waals surface area contributed by atoms with Crippen molar-refractivity contribution in [2.45, 2.75) is 32.6 Å². The standard InChI is InChI=1S/C12H24N2O3/c1-9(2)12(16)17-11(10(3)15)13-7-6-8-14(4)5/h10-11,13,15H,1,6-8H2,2-5H3. The maximum absolute atomic E-state index is 11.3. The molecule has 0 aliphatic rings. The van der Waals surface area contributed by atoms with Gasteiger partial charge in [0.1, 0.15) is 6.10 Å². The van der Waals surface area contributed by atoms with Gasteiger partial charge in [0.2, 0.25) is 0 Å². The molecule has 0 aromatic rings. The van der Waals surface area contributed by atoms with Gasteiger partial charge in [-0.1, -0.05) is 6.58 Å². The lowest BCUT2D eigenvalue weighted by molar-refractivity contribution is -0.152. The molecule has 0 bridgehead atoms. The van der Waals surface area contributed by atoms with Gasteiger partial charge in [-0.25, -0.2) is 4.79 Å². The number of nitrogens with one attached hydrogen (secondary N) is 1. The molecule has 100 valence electrons. The fourth-order valence-corrected chi connectivity index (χ4v) is 1.17. The van der Waals surface area contributed by atoms with E-state index < -0.39 is 18.3 Å². The third-order valence-electron chi connectivity index (χ3n) is 2.15. The highest BCUT2D eigenvalue weighted by molar-refractivity contribution is 5.87. The van der Waals surface area contributed by atoms with Gasteiger partial charge in [-0.05, 0) is 47.5 Å². The van der Waals surface area contributed by atoms with Crippen LogP contribution in [0.3, 0.4) is 0 Å². The number of hydrogen-bond acceptors (Lipinski definition) is 5. The van der Waals surface area contributed by atoms with Crippen LogP contribution in [0, 0.1) is 0 Å². The third-order valence-corrected chi connectivity index (χ3v) is 2.15. The Balaban J connectivity index is 3.99. The molecule has 0 aromatic heterocycles. The molecule has 5 nitrogen and oxygen atoms in total. The van der Waals surface area contributed by atoms with Crippen molar-refractivity contribution in [2.24, 2.45) is 0 Å². The lowest BCUT2D eigenvalue weighted by atomic mass is 10.3. The molecular formula is C12H24N2O3. The largest absolute Gasteiger partial charge is 0.440 e. The quantitative estimate of drug-likeness (QED) is 0.279. The number of nitrogens with zero attached hydrogens (tertiary/aromatic N) is 1. The molecule has 5 heteroatoms. The lowest BCUT2D eigenvalue weighted by Gasteiger charge is -2.22. The normalized spacial score (nSPS) is 14.5. The van der Waals surface area contributed by atoms with E-state index in [2.05, 4.69) is 16.8 Å². The van der Waals surface area contributed by atoms with E-state index in [-0.39, 0.29) is 0 Å². The highest BCUT2D eigenvalue weighted by Crippen LogP contribution is 2.01. The number of carbonyl (C=O) groups is 1. The van der Waals surface area contributed by atoms with Crippen LogP contribution in [0.15, 0.2) is 12.2 Å². The van der Waals surface area contributed by atoms with E-state index in [4.69, 9.17) is 4.74 Å². The summed E-state index contributed by atoms with van der Waals surface area (Å²) in [6.45, 7) is 8.27. The summed E-state index contributed by atoms with van der Waals surface area (Å²) in [4.78, 5) is 13.4. The number of ether oxygens (including phenoxy) is 1. The molecule has 0 heterocycles. The Morgan fingerprint density at radius 2 is 2.12 bits per heavy atom. The van der Waals surface area contributed by atoms with Crippen LogP contribution in [0.5, 0.6) is 0 Å². The monoisotopic (exact) mass is 244 g/mol. The summed E-state index contributed by atoms with van der Waals surface area (Å²) in [5.41, 5.74) is 0.325. The van der Waals surface area contributed by atoms with E-state index >= 15 is 0 Å². The molecular weight excluding hydrogens is 220 g/mol. The van der Waals surface area contributed by atoms with Crippen LogP contribution in [-0.2, 0) is 9.53 Å². The molecule has 17 heavy (non-hydrogen) atoms. The van der Waals surface area contributed by atoms with Crippen molar-refractivity contribution in [2.75, 3.05) is 27.2 Å². The average molecular weight is 244 g/mol. The van der Waals surface area contributed by atoms with Gasteiger partial charge < -0.3 is 14.7 Å². The van der Waals surface area contributed by atoms with E-state index in [1.165, 1.54) is 0 Å². The summed E-state index contributed by atoms with van der Waals surface area (Å²) in [6, 6.07) is 0. The summed E-state index contributed by atoms with van der Waals surface area (Å²) in [6.07, 6.45) is -0.514. The van der Waals surface area contributed by atoms with Crippen LogP contribution >= 0.6 is 0 Å². The molecule has 0 radical (unpaired) electrons. The SMILES string of the molecule is C=C(C)C(=O)OC(NCCCN(C)C)C(C)O. The second-order valence-electron chi connectivity index (χ2n) is 4.46. The summed E-state index contributed by atoms with van der Waals surface area (Å²) in [5.74, 6) is -0.490. The fourth-order valence-electron chi connectivity index (χ4n) is 1.17. The van der Waals surface area contributed by atoms with Gasteiger partial charge >= 0.3 is 5.97 Å². The smallest absolute Gasteiger partial charge is 0.334 e. The van der Waals surface area contributed by atoms with Crippen molar-refractivity contribution < 1.29 is 14.6 Å². The Bertz CT molecular complexity index is 252. The Labute approximate surface area is 103 Å². The fraction of sp³-hybridized carbons (Fsp3) is 0.750. The second kappa shape index (κ2) is 8.22. The van der Waals surface area contributed by atoms with Gasteiger partial charge in [0.25, 0.3) is 0 Å². The molecule has 0 aliphatic heterocycles. The minimum atomic E-state index is -0.752. The number of aliphatic hydroxyl groups is 1. The van der Waals surface area contributed by atoms with E-state index in [0.29, 0.717) is 12.1 Å². The molecule has 2 N–H and O–H groups in total. The van der Waals surface area contributed by atoms with Crippen LogP contribution < -0.4 is 5.32 Å². The number of esters is 1. The molecule has 0 amide bonds. The Morgan fingerprint density at radius 3 is 2.53 bits per heavy atom. The minimum absolute atomic E-state index is 0.325. The summed E-state index contributed by atoms with van der Waals surface area (Å²) in [5, 5.41) is 12.5. The van der Waals surface area contributed by atoms with Gasteiger partial charge in [-0.3, -0.25) is 5.32 Å². The number of rotatable bonds is 8. The van der Waals surface area contributed by atoms with Gasteiger partial charge in [0, 0.05) is 5.57 Å². The number of aliphatic hydroxyl groups excluding tert-OH is 1. The van der Waals surface area contributed by atoms with Crippen molar-refractivity contribution in [3.63, 3.8) is 0 Å². The van der Waals surface area contributed by atoms with Crippen molar-refractivity contribution >= 4 is 5.97 Å². The zero-order valence-electron chi connectivity index (χ0n) is 11.2. The average Bonchev–Trinajstić information content (AvgIpc) is 2.21. The van der Waals surface area contributed by atoms with Crippen LogP contribution in [0.2, 0.25) is 0 Å². The maximum Gasteiger partial charge on any atom is 0.334 e. The highest BCUT2D eigenvalue weighted by Gasteiger charge is 2.19.